The Morgan fingerprint density at radius 1 is 0.750 bits per heavy atom. The van der Waals surface area contributed by atoms with E-state index in [-0.39, 0.29) is 128 Å². The summed E-state index contributed by atoms with van der Waals surface area (Å²) in [5.74, 6) is 0. The SMILES string of the molecule is Cl.Cl.[Ba+2].[Ba+2].[H-].[H-].[H-].[H-]. The molecule has 0 radical (unpaired) electrons. The Hall–Kier alpha value is 3.72. The predicted molar refractivity (Wildman–Crippen MR) is 30.5 cm³/mol. The zero-order valence-corrected chi connectivity index (χ0v) is 12.7. The molecule has 4 heavy (non-hydrogen) atoms. The average molecular weight is 352 g/mol. The third-order valence-corrected chi connectivity index (χ3v) is 0. The van der Waals surface area contributed by atoms with Crippen molar-refractivity contribution in [2.45, 2.75) is 0 Å². The van der Waals surface area contributed by atoms with Gasteiger partial charge in [0.05, 0.1) is 0 Å². The van der Waals surface area contributed by atoms with E-state index in [0.29, 0.717) is 0 Å². The molecule has 0 saturated heterocycles. The summed E-state index contributed by atoms with van der Waals surface area (Å²) in [5, 5.41) is 0. The first kappa shape index (κ1) is 25.2. The van der Waals surface area contributed by atoms with Crippen molar-refractivity contribution in [2.24, 2.45) is 0 Å². The standard InChI is InChI=1S/2Ba.2ClH.4H/h;;2*1H;;;;/q2*+2;;;4*-1. The second-order valence-electron chi connectivity index (χ2n) is 0. The van der Waals surface area contributed by atoms with E-state index < -0.39 is 0 Å². The van der Waals surface area contributed by atoms with Crippen LogP contribution < -0.4 is 0 Å². The molecule has 0 fully saturated rings. The Balaban J connectivity index is 0. The van der Waals surface area contributed by atoms with Crippen molar-refractivity contribution in [2.75, 3.05) is 0 Å². The van der Waals surface area contributed by atoms with Gasteiger partial charge in [-0.15, -0.1) is 24.8 Å². The molecule has 4 heteroatoms. The molecule has 0 heterocycles. The first-order valence-electron chi connectivity index (χ1n) is 0. The third kappa shape index (κ3) is 9.21. The predicted octanol–water partition coefficient (Wildman–Crippen LogP) is 0.532. The summed E-state index contributed by atoms with van der Waals surface area (Å²) in [6.07, 6.45) is 0. The Bertz CT molecular complexity index is 12.0. The fourth-order valence-corrected chi connectivity index (χ4v) is 0. The van der Waals surface area contributed by atoms with Crippen LogP contribution in [0.3, 0.4) is 0 Å². The molecule has 0 bridgehead atoms. The van der Waals surface area contributed by atoms with Crippen LogP contribution in [0.25, 0.3) is 0 Å². The van der Waals surface area contributed by atoms with Gasteiger partial charge in [0.25, 0.3) is 0 Å². The van der Waals surface area contributed by atoms with Gasteiger partial charge in [-0.05, 0) is 0 Å². The topological polar surface area (TPSA) is 0 Å². The van der Waals surface area contributed by atoms with Crippen LogP contribution in [0.5, 0.6) is 0 Å². The second-order valence-corrected chi connectivity index (χ2v) is 0. The maximum absolute atomic E-state index is 0. The van der Waals surface area contributed by atoms with E-state index in [2.05, 4.69) is 0 Å². The summed E-state index contributed by atoms with van der Waals surface area (Å²) >= 11 is 0. The number of halogens is 2. The summed E-state index contributed by atoms with van der Waals surface area (Å²) in [6, 6.07) is 0. The van der Waals surface area contributed by atoms with E-state index in [1.54, 1.807) is 0 Å². The smallest absolute Gasteiger partial charge is 1.00 e. The molecule has 0 aromatic carbocycles. The summed E-state index contributed by atoms with van der Waals surface area (Å²) in [7, 11) is 0. The van der Waals surface area contributed by atoms with Crippen LogP contribution in [0, 0.1) is 0 Å². The Morgan fingerprint density at radius 3 is 0.750 bits per heavy atom. The van der Waals surface area contributed by atoms with E-state index in [1.165, 1.54) is 0 Å². The zero-order valence-electron chi connectivity index (χ0n) is 6.23. The molecule has 0 aliphatic carbocycles. The van der Waals surface area contributed by atoms with E-state index >= 15 is 0 Å². The second kappa shape index (κ2) is 15.9. The molecule has 0 nitrogen and oxygen atoms in total. The molecule has 0 aliphatic heterocycles. The fourth-order valence-electron chi connectivity index (χ4n) is 0. The maximum Gasteiger partial charge on any atom is 2.00 e. The first-order valence-corrected chi connectivity index (χ1v) is 0. The van der Waals surface area contributed by atoms with Crippen molar-refractivity contribution in [3.63, 3.8) is 0 Å². The molecule has 0 aliphatic rings. The summed E-state index contributed by atoms with van der Waals surface area (Å²) in [6.45, 7) is 0. The fraction of sp³-hybridized carbons (Fsp3) is 0. The van der Waals surface area contributed by atoms with Crippen molar-refractivity contribution < 1.29 is 5.71 Å². The molecule has 0 saturated carbocycles. The third-order valence-electron chi connectivity index (χ3n) is 0. The molecule has 0 unspecified atom stereocenters. The number of hydrogen-bond donors (Lipinski definition) is 0. The van der Waals surface area contributed by atoms with Crippen LogP contribution in [0.4, 0.5) is 0 Å². The molecule has 0 aromatic heterocycles. The van der Waals surface area contributed by atoms with Crippen molar-refractivity contribution in [1.82, 2.24) is 0 Å². The summed E-state index contributed by atoms with van der Waals surface area (Å²) in [5.41, 5.74) is 0. The Morgan fingerprint density at radius 2 is 0.750 bits per heavy atom. The van der Waals surface area contributed by atoms with Gasteiger partial charge in [0.2, 0.25) is 0 Å². The zero-order chi connectivity index (χ0) is 0. The molecule has 0 N–H and O–H groups in total. The molecule has 0 atom stereocenters. The first-order chi connectivity index (χ1) is 0. The van der Waals surface area contributed by atoms with Crippen molar-refractivity contribution >= 4 is 123 Å². The average Bonchev–Trinajstić information content (AvgIpc) is 0. The van der Waals surface area contributed by atoms with E-state index in [4.69, 9.17) is 0 Å². The van der Waals surface area contributed by atoms with E-state index in [0.717, 1.165) is 0 Å². The number of hydrogen-bond acceptors (Lipinski definition) is 0. The molecule has 0 aromatic rings. The summed E-state index contributed by atoms with van der Waals surface area (Å²) < 4.78 is 0. The van der Waals surface area contributed by atoms with Gasteiger partial charge in [-0.25, -0.2) is 0 Å². The van der Waals surface area contributed by atoms with Crippen LogP contribution >= 0.6 is 24.8 Å². The summed E-state index contributed by atoms with van der Waals surface area (Å²) in [4.78, 5) is 0. The Labute approximate surface area is 125 Å². The van der Waals surface area contributed by atoms with Crippen molar-refractivity contribution in [1.29, 1.82) is 0 Å². The van der Waals surface area contributed by atoms with Gasteiger partial charge in [0, 0.05) is 0 Å². The molecular formula is H6Ba2Cl2. The van der Waals surface area contributed by atoms with Gasteiger partial charge in [0.1, 0.15) is 0 Å². The minimum absolute atomic E-state index is 0. The van der Waals surface area contributed by atoms with Crippen LogP contribution in [0.15, 0.2) is 0 Å². The minimum Gasteiger partial charge on any atom is -1.00 e. The molecule has 24 valence electrons. The van der Waals surface area contributed by atoms with Gasteiger partial charge < -0.3 is 5.71 Å². The number of rotatable bonds is 0. The Kier molecular flexibility index (Phi) is 100. The van der Waals surface area contributed by atoms with Crippen LogP contribution in [0.1, 0.15) is 5.71 Å². The maximum atomic E-state index is 0. The van der Waals surface area contributed by atoms with Crippen LogP contribution in [-0.4, -0.2) is 97.8 Å². The van der Waals surface area contributed by atoms with Gasteiger partial charge in [0.15, 0.2) is 0 Å². The van der Waals surface area contributed by atoms with Crippen molar-refractivity contribution in [3.8, 4) is 0 Å². The molecule has 0 rings (SSSR count). The van der Waals surface area contributed by atoms with Gasteiger partial charge >= 0.3 is 97.8 Å². The van der Waals surface area contributed by atoms with E-state index in [1.807, 2.05) is 0 Å². The minimum atomic E-state index is 0. The molecule has 0 spiro atoms. The van der Waals surface area contributed by atoms with Crippen LogP contribution in [0.2, 0.25) is 0 Å². The van der Waals surface area contributed by atoms with E-state index in [9.17, 15) is 0 Å². The van der Waals surface area contributed by atoms with Crippen LogP contribution in [-0.2, 0) is 0 Å². The quantitative estimate of drug-likeness (QED) is 0.559. The van der Waals surface area contributed by atoms with Crippen molar-refractivity contribution in [3.05, 3.63) is 0 Å². The largest absolute Gasteiger partial charge is 2.00 e. The van der Waals surface area contributed by atoms with Gasteiger partial charge in [-0.2, -0.15) is 0 Å². The van der Waals surface area contributed by atoms with Gasteiger partial charge in [-0.1, -0.05) is 0 Å². The normalized spacial score (nSPS) is 0. The monoisotopic (exact) mass is 352 g/mol. The van der Waals surface area contributed by atoms with Gasteiger partial charge in [-0.3, -0.25) is 0 Å². The molecular weight excluding hydrogens is 346 g/mol. The molecule has 0 amide bonds.